The van der Waals surface area contributed by atoms with Crippen molar-refractivity contribution in [3.8, 4) is 0 Å². The van der Waals surface area contributed by atoms with Crippen LogP contribution in [0.3, 0.4) is 0 Å². The molecule has 0 heterocycles. The lowest BCUT2D eigenvalue weighted by atomic mass is 10.1. The van der Waals surface area contributed by atoms with Crippen molar-refractivity contribution in [2.75, 3.05) is 6.54 Å². The molecule has 1 fully saturated rings. The average molecular weight is 265 g/mol. The van der Waals surface area contributed by atoms with Crippen molar-refractivity contribution in [2.24, 2.45) is 5.92 Å². The van der Waals surface area contributed by atoms with E-state index in [1.807, 2.05) is 13.0 Å². The lowest BCUT2D eigenvalue weighted by molar-refractivity contribution is -0.122. The SMILES string of the molecule is CCCC(O)CNC(=O)C1CC1c1cccc(F)c1. The topological polar surface area (TPSA) is 49.3 Å². The maximum Gasteiger partial charge on any atom is 0.223 e. The predicted molar refractivity (Wildman–Crippen MR) is 71.2 cm³/mol. The first kappa shape index (κ1) is 14.0. The maximum atomic E-state index is 13.1. The number of halogens is 1. The summed E-state index contributed by atoms with van der Waals surface area (Å²) in [7, 11) is 0. The van der Waals surface area contributed by atoms with Crippen LogP contribution in [0.15, 0.2) is 24.3 Å². The Morgan fingerprint density at radius 3 is 3.05 bits per heavy atom. The first-order valence-corrected chi connectivity index (χ1v) is 6.83. The number of aliphatic hydroxyl groups excluding tert-OH is 1. The molecule has 1 aliphatic rings. The molecule has 1 aliphatic carbocycles. The molecule has 2 N–H and O–H groups in total. The van der Waals surface area contributed by atoms with Gasteiger partial charge in [-0.1, -0.05) is 25.5 Å². The van der Waals surface area contributed by atoms with Gasteiger partial charge in [-0.05, 0) is 36.5 Å². The van der Waals surface area contributed by atoms with Gasteiger partial charge in [0.05, 0.1) is 6.10 Å². The largest absolute Gasteiger partial charge is 0.391 e. The van der Waals surface area contributed by atoms with Crippen molar-refractivity contribution in [2.45, 2.75) is 38.2 Å². The minimum atomic E-state index is -0.472. The van der Waals surface area contributed by atoms with Crippen molar-refractivity contribution in [3.63, 3.8) is 0 Å². The number of aliphatic hydroxyl groups is 1. The van der Waals surface area contributed by atoms with E-state index in [-0.39, 0.29) is 23.6 Å². The Morgan fingerprint density at radius 2 is 2.37 bits per heavy atom. The zero-order valence-corrected chi connectivity index (χ0v) is 11.1. The summed E-state index contributed by atoms with van der Waals surface area (Å²) in [6.07, 6.45) is 1.88. The second-order valence-corrected chi connectivity index (χ2v) is 5.19. The fraction of sp³-hybridized carbons (Fsp3) is 0.533. The van der Waals surface area contributed by atoms with Crippen LogP contribution in [0.2, 0.25) is 0 Å². The highest BCUT2D eigenvalue weighted by atomic mass is 19.1. The van der Waals surface area contributed by atoms with Gasteiger partial charge in [0.2, 0.25) is 5.91 Å². The van der Waals surface area contributed by atoms with E-state index in [4.69, 9.17) is 0 Å². The zero-order valence-electron chi connectivity index (χ0n) is 11.1. The van der Waals surface area contributed by atoms with Crippen LogP contribution in [0.5, 0.6) is 0 Å². The van der Waals surface area contributed by atoms with Crippen molar-refractivity contribution in [3.05, 3.63) is 35.6 Å². The van der Waals surface area contributed by atoms with Crippen LogP contribution in [-0.2, 0) is 4.79 Å². The third kappa shape index (κ3) is 3.77. The van der Waals surface area contributed by atoms with Gasteiger partial charge in [-0.3, -0.25) is 4.79 Å². The summed E-state index contributed by atoms with van der Waals surface area (Å²) >= 11 is 0. The van der Waals surface area contributed by atoms with Crippen molar-refractivity contribution in [1.82, 2.24) is 5.32 Å². The Kier molecular flexibility index (Phi) is 4.53. The molecule has 0 spiro atoms. The van der Waals surface area contributed by atoms with E-state index in [0.29, 0.717) is 13.0 Å². The highest BCUT2D eigenvalue weighted by Crippen LogP contribution is 2.47. The molecule has 3 nitrogen and oxygen atoms in total. The van der Waals surface area contributed by atoms with Gasteiger partial charge >= 0.3 is 0 Å². The molecule has 3 atom stereocenters. The van der Waals surface area contributed by atoms with E-state index >= 15 is 0 Å². The highest BCUT2D eigenvalue weighted by Gasteiger charge is 2.43. The molecular weight excluding hydrogens is 245 g/mol. The average Bonchev–Trinajstić information content (AvgIpc) is 3.16. The van der Waals surface area contributed by atoms with Gasteiger partial charge < -0.3 is 10.4 Å². The number of amides is 1. The van der Waals surface area contributed by atoms with Gasteiger partial charge in [-0.15, -0.1) is 0 Å². The van der Waals surface area contributed by atoms with Crippen LogP contribution >= 0.6 is 0 Å². The number of nitrogens with one attached hydrogen (secondary N) is 1. The minimum absolute atomic E-state index is 0.0376. The van der Waals surface area contributed by atoms with Crippen LogP contribution in [0.1, 0.15) is 37.7 Å². The molecule has 3 unspecified atom stereocenters. The summed E-state index contributed by atoms with van der Waals surface area (Å²) in [5.41, 5.74) is 0.884. The van der Waals surface area contributed by atoms with E-state index in [1.165, 1.54) is 12.1 Å². The smallest absolute Gasteiger partial charge is 0.223 e. The molecule has 1 aromatic rings. The first-order chi connectivity index (χ1) is 9.11. The molecule has 1 saturated carbocycles. The number of carbonyl (C=O) groups is 1. The van der Waals surface area contributed by atoms with E-state index < -0.39 is 6.10 Å². The molecule has 0 radical (unpaired) electrons. The molecule has 1 aromatic carbocycles. The summed E-state index contributed by atoms with van der Waals surface area (Å²) in [5, 5.41) is 12.3. The van der Waals surface area contributed by atoms with Crippen molar-refractivity contribution in [1.29, 1.82) is 0 Å². The Bertz CT molecular complexity index is 450. The number of carbonyl (C=O) groups excluding carboxylic acids is 1. The molecule has 19 heavy (non-hydrogen) atoms. The van der Waals surface area contributed by atoms with Gasteiger partial charge in [0, 0.05) is 12.5 Å². The summed E-state index contributed by atoms with van der Waals surface area (Å²) in [4.78, 5) is 11.9. The fourth-order valence-electron chi connectivity index (χ4n) is 2.38. The second kappa shape index (κ2) is 6.15. The third-order valence-corrected chi connectivity index (χ3v) is 3.54. The van der Waals surface area contributed by atoms with Crippen molar-refractivity contribution < 1.29 is 14.3 Å². The fourth-order valence-corrected chi connectivity index (χ4v) is 2.38. The molecule has 0 bridgehead atoms. The molecule has 0 saturated heterocycles. The molecule has 4 heteroatoms. The number of rotatable bonds is 6. The number of hydrogen-bond donors (Lipinski definition) is 2. The van der Waals surface area contributed by atoms with Gasteiger partial charge in [-0.25, -0.2) is 4.39 Å². The molecule has 1 amide bonds. The molecule has 104 valence electrons. The lowest BCUT2D eigenvalue weighted by Gasteiger charge is -2.10. The maximum absolute atomic E-state index is 13.1. The number of benzene rings is 1. The summed E-state index contributed by atoms with van der Waals surface area (Å²) < 4.78 is 13.1. The van der Waals surface area contributed by atoms with Crippen LogP contribution in [0, 0.1) is 11.7 Å². The molecule has 0 aliphatic heterocycles. The molecular formula is C15H20FNO2. The van der Waals surface area contributed by atoms with E-state index in [0.717, 1.165) is 18.4 Å². The quantitative estimate of drug-likeness (QED) is 0.828. The predicted octanol–water partition coefficient (Wildman–Crippen LogP) is 2.21. The standard InChI is InChI=1S/C15H20FNO2/c1-2-4-12(18)9-17-15(19)14-8-13(14)10-5-3-6-11(16)7-10/h3,5-7,12-14,18H,2,4,8-9H2,1H3,(H,17,19). The van der Waals surface area contributed by atoms with Gasteiger partial charge in [-0.2, -0.15) is 0 Å². The van der Waals surface area contributed by atoms with Crippen LogP contribution in [-0.4, -0.2) is 23.7 Å². The van der Waals surface area contributed by atoms with Gasteiger partial charge in [0.25, 0.3) is 0 Å². The van der Waals surface area contributed by atoms with Crippen molar-refractivity contribution >= 4 is 5.91 Å². The second-order valence-electron chi connectivity index (χ2n) is 5.19. The van der Waals surface area contributed by atoms with E-state index in [1.54, 1.807) is 6.07 Å². The normalized spacial score (nSPS) is 22.9. The highest BCUT2D eigenvalue weighted by molar-refractivity contribution is 5.82. The van der Waals surface area contributed by atoms with Crippen LogP contribution < -0.4 is 5.32 Å². The monoisotopic (exact) mass is 265 g/mol. The van der Waals surface area contributed by atoms with E-state index in [2.05, 4.69) is 5.32 Å². The first-order valence-electron chi connectivity index (χ1n) is 6.83. The van der Waals surface area contributed by atoms with E-state index in [9.17, 15) is 14.3 Å². The zero-order chi connectivity index (χ0) is 13.8. The van der Waals surface area contributed by atoms with Crippen LogP contribution in [0.4, 0.5) is 4.39 Å². The Hall–Kier alpha value is -1.42. The Labute approximate surface area is 112 Å². The Balaban J connectivity index is 1.80. The number of hydrogen-bond acceptors (Lipinski definition) is 2. The van der Waals surface area contributed by atoms with Gasteiger partial charge in [0.15, 0.2) is 0 Å². The summed E-state index contributed by atoms with van der Waals surface area (Å²) in [6.45, 7) is 2.30. The minimum Gasteiger partial charge on any atom is -0.391 e. The molecule has 0 aromatic heterocycles. The summed E-state index contributed by atoms with van der Waals surface area (Å²) in [5.74, 6) is -0.249. The lowest BCUT2D eigenvalue weighted by Crippen LogP contribution is -2.33. The Morgan fingerprint density at radius 1 is 1.58 bits per heavy atom. The van der Waals surface area contributed by atoms with Crippen LogP contribution in [0.25, 0.3) is 0 Å². The summed E-state index contributed by atoms with van der Waals surface area (Å²) in [6, 6.07) is 6.42. The molecule has 2 rings (SSSR count). The third-order valence-electron chi connectivity index (χ3n) is 3.54. The van der Waals surface area contributed by atoms with Gasteiger partial charge in [0.1, 0.15) is 5.82 Å².